The smallest absolute Gasteiger partial charge is 0.227 e. The van der Waals surface area contributed by atoms with Crippen molar-refractivity contribution in [1.82, 2.24) is 0 Å². The van der Waals surface area contributed by atoms with Gasteiger partial charge in [-0.3, -0.25) is 4.79 Å². The molecule has 2 aromatic rings. The van der Waals surface area contributed by atoms with Gasteiger partial charge < -0.3 is 5.32 Å². The van der Waals surface area contributed by atoms with E-state index in [2.05, 4.69) is 5.32 Å². The summed E-state index contributed by atoms with van der Waals surface area (Å²) >= 11 is 5.84. The molecule has 3 rings (SSSR count). The Morgan fingerprint density at radius 3 is 2.32 bits per heavy atom. The quantitative estimate of drug-likeness (QED) is 0.929. The van der Waals surface area contributed by atoms with Gasteiger partial charge in [0.2, 0.25) is 15.7 Å². The first-order valence-electron chi connectivity index (χ1n) is 6.88. The van der Waals surface area contributed by atoms with Gasteiger partial charge in [-0.05, 0) is 55.3 Å². The first-order chi connectivity index (χ1) is 10.5. The Hall–Kier alpha value is -1.85. The van der Waals surface area contributed by atoms with Gasteiger partial charge in [-0.25, -0.2) is 8.42 Å². The predicted molar refractivity (Wildman–Crippen MR) is 84.7 cm³/mol. The van der Waals surface area contributed by atoms with Gasteiger partial charge in [0.05, 0.1) is 9.79 Å². The zero-order chi connectivity index (χ0) is 15.7. The number of sulfone groups is 1. The van der Waals surface area contributed by atoms with Crippen LogP contribution in [0.25, 0.3) is 0 Å². The molecule has 0 bridgehead atoms. The molecular weight excluding hydrogens is 322 g/mol. The zero-order valence-corrected chi connectivity index (χ0v) is 13.2. The number of rotatable bonds is 4. The Kier molecular flexibility index (Phi) is 3.93. The van der Waals surface area contributed by atoms with Gasteiger partial charge in [0.1, 0.15) is 0 Å². The first-order valence-corrected chi connectivity index (χ1v) is 8.74. The molecule has 0 radical (unpaired) electrons. The van der Waals surface area contributed by atoms with Crippen molar-refractivity contribution in [2.45, 2.75) is 22.6 Å². The lowest BCUT2D eigenvalue weighted by atomic mass is 10.3. The van der Waals surface area contributed by atoms with E-state index in [0.29, 0.717) is 10.7 Å². The average Bonchev–Trinajstić information content (AvgIpc) is 3.32. The van der Waals surface area contributed by atoms with Crippen LogP contribution < -0.4 is 5.32 Å². The van der Waals surface area contributed by atoms with Gasteiger partial charge in [0, 0.05) is 16.6 Å². The monoisotopic (exact) mass is 335 g/mol. The first kappa shape index (κ1) is 15.1. The number of hydrogen-bond donors (Lipinski definition) is 1. The molecule has 0 unspecified atom stereocenters. The van der Waals surface area contributed by atoms with Gasteiger partial charge in [0.25, 0.3) is 0 Å². The number of amides is 1. The van der Waals surface area contributed by atoms with Crippen molar-refractivity contribution >= 4 is 33.0 Å². The molecule has 1 N–H and O–H groups in total. The normalized spacial score (nSPS) is 14.6. The van der Waals surface area contributed by atoms with Crippen LogP contribution in [-0.4, -0.2) is 14.3 Å². The van der Waals surface area contributed by atoms with Crippen molar-refractivity contribution in [3.05, 3.63) is 53.6 Å². The molecule has 1 fully saturated rings. The average molecular weight is 336 g/mol. The molecular formula is C16H14ClNO3S. The molecule has 2 aromatic carbocycles. The van der Waals surface area contributed by atoms with Crippen molar-refractivity contribution in [3.8, 4) is 0 Å². The van der Waals surface area contributed by atoms with E-state index in [1.165, 1.54) is 24.3 Å². The Morgan fingerprint density at radius 1 is 1.05 bits per heavy atom. The van der Waals surface area contributed by atoms with E-state index in [1.807, 2.05) is 0 Å². The third kappa shape index (κ3) is 3.15. The fourth-order valence-corrected chi connectivity index (χ4v) is 3.64. The van der Waals surface area contributed by atoms with E-state index in [9.17, 15) is 13.2 Å². The van der Waals surface area contributed by atoms with Gasteiger partial charge in [-0.1, -0.05) is 17.7 Å². The number of hydrogen-bond acceptors (Lipinski definition) is 3. The molecule has 1 aliphatic rings. The van der Waals surface area contributed by atoms with Crippen molar-refractivity contribution in [3.63, 3.8) is 0 Å². The number of carbonyl (C=O) groups excluding carboxylic acids is 1. The Labute approximate surface area is 134 Å². The molecule has 1 saturated carbocycles. The zero-order valence-electron chi connectivity index (χ0n) is 11.6. The van der Waals surface area contributed by atoms with E-state index < -0.39 is 9.84 Å². The highest BCUT2D eigenvalue weighted by Gasteiger charge is 2.29. The number of benzene rings is 2. The second-order valence-electron chi connectivity index (χ2n) is 5.25. The number of anilines is 1. The SMILES string of the molecule is O=C(Nc1ccc(S(=O)(=O)c2cccc(Cl)c2)cc1)C1CC1. The van der Waals surface area contributed by atoms with E-state index in [1.54, 1.807) is 24.3 Å². The minimum atomic E-state index is -3.61. The van der Waals surface area contributed by atoms with Gasteiger partial charge in [-0.15, -0.1) is 0 Å². The summed E-state index contributed by atoms with van der Waals surface area (Å²) in [6.07, 6.45) is 1.85. The Balaban J connectivity index is 1.83. The topological polar surface area (TPSA) is 63.2 Å². The molecule has 0 atom stereocenters. The maximum atomic E-state index is 12.5. The minimum absolute atomic E-state index is 0.00884. The van der Waals surface area contributed by atoms with Gasteiger partial charge in [-0.2, -0.15) is 0 Å². The highest BCUT2D eigenvalue weighted by Crippen LogP contribution is 2.30. The lowest BCUT2D eigenvalue weighted by molar-refractivity contribution is -0.117. The summed E-state index contributed by atoms with van der Waals surface area (Å²) in [7, 11) is -3.61. The standard InChI is InChI=1S/C16H14ClNO3S/c17-12-2-1-3-15(10-12)22(20,21)14-8-6-13(7-9-14)18-16(19)11-4-5-11/h1-3,6-11H,4-5H2,(H,18,19). The van der Waals surface area contributed by atoms with Crippen molar-refractivity contribution in [2.24, 2.45) is 5.92 Å². The van der Waals surface area contributed by atoms with Crippen molar-refractivity contribution < 1.29 is 13.2 Å². The van der Waals surface area contributed by atoms with Crippen LogP contribution >= 0.6 is 11.6 Å². The molecule has 0 spiro atoms. The molecule has 1 amide bonds. The highest BCUT2D eigenvalue weighted by atomic mass is 35.5. The molecule has 0 heterocycles. The largest absolute Gasteiger partial charge is 0.326 e. The molecule has 1 aliphatic carbocycles. The predicted octanol–water partition coefficient (Wildman–Crippen LogP) is 3.52. The lowest BCUT2D eigenvalue weighted by Crippen LogP contribution is -2.13. The third-order valence-electron chi connectivity index (χ3n) is 3.49. The molecule has 0 saturated heterocycles. The van der Waals surface area contributed by atoms with Crippen molar-refractivity contribution in [1.29, 1.82) is 0 Å². The summed E-state index contributed by atoms with van der Waals surface area (Å²) in [4.78, 5) is 12.0. The van der Waals surface area contributed by atoms with E-state index in [4.69, 9.17) is 11.6 Å². The van der Waals surface area contributed by atoms with E-state index >= 15 is 0 Å². The van der Waals surface area contributed by atoms with Crippen LogP contribution in [0, 0.1) is 5.92 Å². The second kappa shape index (κ2) is 5.74. The minimum Gasteiger partial charge on any atom is -0.326 e. The summed E-state index contributed by atoms with van der Waals surface area (Å²) in [6, 6.07) is 12.3. The maximum Gasteiger partial charge on any atom is 0.227 e. The highest BCUT2D eigenvalue weighted by molar-refractivity contribution is 7.91. The van der Waals surface area contributed by atoms with E-state index in [0.717, 1.165) is 12.8 Å². The molecule has 6 heteroatoms. The fourth-order valence-electron chi connectivity index (χ4n) is 2.08. The maximum absolute atomic E-state index is 12.5. The Bertz CT molecular complexity index is 812. The summed E-state index contributed by atoms with van der Waals surface area (Å²) < 4.78 is 25.0. The van der Waals surface area contributed by atoms with Crippen LogP contribution in [0.15, 0.2) is 58.3 Å². The third-order valence-corrected chi connectivity index (χ3v) is 5.49. The summed E-state index contributed by atoms with van der Waals surface area (Å²) in [5.41, 5.74) is 0.599. The summed E-state index contributed by atoms with van der Waals surface area (Å²) in [5, 5.41) is 3.15. The van der Waals surface area contributed by atoms with Crippen LogP contribution in [0.3, 0.4) is 0 Å². The molecule has 114 valence electrons. The summed E-state index contributed by atoms with van der Waals surface area (Å²) in [6.45, 7) is 0. The Morgan fingerprint density at radius 2 is 1.73 bits per heavy atom. The molecule has 22 heavy (non-hydrogen) atoms. The van der Waals surface area contributed by atoms with Crippen molar-refractivity contribution in [2.75, 3.05) is 5.32 Å². The van der Waals surface area contributed by atoms with Gasteiger partial charge in [0.15, 0.2) is 0 Å². The molecule has 4 nitrogen and oxygen atoms in total. The lowest BCUT2D eigenvalue weighted by Gasteiger charge is -2.07. The van der Waals surface area contributed by atoms with Crippen LogP contribution in [-0.2, 0) is 14.6 Å². The fraction of sp³-hybridized carbons (Fsp3) is 0.188. The van der Waals surface area contributed by atoms with Gasteiger partial charge >= 0.3 is 0 Å². The number of halogens is 1. The van der Waals surface area contributed by atoms with E-state index in [-0.39, 0.29) is 21.6 Å². The van der Waals surface area contributed by atoms with Crippen LogP contribution in [0.4, 0.5) is 5.69 Å². The van der Waals surface area contributed by atoms with Crippen LogP contribution in [0.1, 0.15) is 12.8 Å². The van der Waals surface area contributed by atoms with Crippen LogP contribution in [0.2, 0.25) is 5.02 Å². The number of carbonyl (C=O) groups is 1. The van der Waals surface area contributed by atoms with Crippen LogP contribution in [0.5, 0.6) is 0 Å². The number of nitrogens with one attached hydrogen (secondary N) is 1. The molecule has 0 aromatic heterocycles. The molecule has 0 aliphatic heterocycles. The second-order valence-corrected chi connectivity index (χ2v) is 7.63. The summed E-state index contributed by atoms with van der Waals surface area (Å²) in [5.74, 6) is 0.0975.